The Morgan fingerprint density at radius 3 is 2.38 bits per heavy atom. The number of nitrogens with two attached hydrogens (primary N) is 1. The molecular weight excluding hydrogens is 313 g/mol. The molecule has 108 valence electrons. The summed E-state index contributed by atoms with van der Waals surface area (Å²) < 4.78 is 10.9. The summed E-state index contributed by atoms with van der Waals surface area (Å²) in [6, 6.07) is 8.04. The molecule has 0 radical (unpaired) electrons. The minimum absolute atomic E-state index is 0.232. The molecule has 6 heteroatoms. The lowest BCUT2D eigenvalue weighted by Gasteiger charge is -2.19. The third-order valence-corrected chi connectivity index (χ3v) is 3.82. The van der Waals surface area contributed by atoms with Crippen LogP contribution in [0.25, 0.3) is 0 Å². The number of carbonyl (C=O) groups excluding carboxylic acids is 1. The number of ether oxygens (including phenoxy) is 2. The van der Waals surface area contributed by atoms with E-state index in [0.717, 1.165) is 0 Å². The first-order valence-corrected chi connectivity index (χ1v) is 7.01. The molecule has 3 rings (SSSR count). The Hall–Kier alpha value is -1.91. The van der Waals surface area contributed by atoms with E-state index in [2.05, 4.69) is 0 Å². The van der Waals surface area contributed by atoms with E-state index in [1.807, 2.05) is 0 Å². The van der Waals surface area contributed by atoms with Gasteiger partial charge in [0.1, 0.15) is 13.2 Å². The first kappa shape index (κ1) is 14.0. The number of halogens is 2. The lowest BCUT2D eigenvalue weighted by atomic mass is 10.0. The van der Waals surface area contributed by atoms with E-state index >= 15 is 0 Å². The van der Waals surface area contributed by atoms with Gasteiger partial charge in [-0.2, -0.15) is 0 Å². The van der Waals surface area contributed by atoms with Gasteiger partial charge < -0.3 is 15.2 Å². The van der Waals surface area contributed by atoms with Gasteiger partial charge in [0.2, 0.25) is 0 Å². The average molecular weight is 324 g/mol. The Labute approximate surface area is 131 Å². The third kappa shape index (κ3) is 2.52. The number of nitrogen functional groups attached to an aromatic ring is 1. The van der Waals surface area contributed by atoms with Crippen LogP contribution in [-0.4, -0.2) is 19.0 Å². The maximum Gasteiger partial charge on any atom is 0.196 e. The molecule has 0 fully saturated rings. The van der Waals surface area contributed by atoms with Crippen LogP contribution in [0.4, 0.5) is 5.69 Å². The smallest absolute Gasteiger partial charge is 0.196 e. The molecule has 2 N–H and O–H groups in total. The van der Waals surface area contributed by atoms with E-state index in [9.17, 15) is 4.79 Å². The van der Waals surface area contributed by atoms with Crippen molar-refractivity contribution in [3.8, 4) is 11.5 Å². The van der Waals surface area contributed by atoms with Crippen molar-refractivity contribution in [3.63, 3.8) is 0 Å². The van der Waals surface area contributed by atoms with Crippen LogP contribution in [-0.2, 0) is 0 Å². The molecule has 2 aromatic rings. The van der Waals surface area contributed by atoms with Gasteiger partial charge in [-0.1, -0.05) is 29.3 Å². The second-order valence-electron chi connectivity index (χ2n) is 4.51. The summed E-state index contributed by atoms with van der Waals surface area (Å²) in [6.45, 7) is 0.888. The van der Waals surface area contributed by atoms with Crippen LogP contribution in [0, 0.1) is 0 Å². The molecule has 0 spiro atoms. The maximum atomic E-state index is 12.6. The summed E-state index contributed by atoms with van der Waals surface area (Å²) in [5.41, 5.74) is 6.70. The molecule has 0 saturated carbocycles. The zero-order valence-electron chi connectivity index (χ0n) is 10.9. The normalized spacial score (nSPS) is 13.0. The summed E-state index contributed by atoms with van der Waals surface area (Å²) in [5, 5.41) is 0.609. The van der Waals surface area contributed by atoms with Crippen molar-refractivity contribution in [3.05, 3.63) is 51.5 Å². The monoisotopic (exact) mass is 323 g/mol. The molecule has 0 amide bonds. The highest BCUT2D eigenvalue weighted by Crippen LogP contribution is 2.37. The van der Waals surface area contributed by atoms with Crippen molar-refractivity contribution >= 4 is 34.7 Å². The van der Waals surface area contributed by atoms with Gasteiger partial charge in [-0.3, -0.25) is 4.79 Å². The number of rotatable bonds is 2. The molecule has 1 aliphatic rings. The molecule has 0 atom stereocenters. The lowest BCUT2D eigenvalue weighted by Crippen LogP contribution is -2.16. The minimum Gasteiger partial charge on any atom is -0.486 e. The molecule has 1 heterocycles. The van der Waals surface area contributed by atoms with E-state index < -0.39 is 0 Å². The molecule has 0 bridgehead atoms. The van der Waals surface area contributed by atoms with Crippen LogP contribution >= 0.6 is 23.2 Å². The van der Waals surface area contributed by atoms with E-state index in [1.54, 1.807) is 30.3 Å². The first-order chi connectivity index (χ1) is 10.1. The molecule has 1 aliphatic heterocycles. The van der Waals surface area contributed by atoms with Crippen molar-refractivity contribution in [2.75, 3.05) is 18.9 Å². The van der Waals surface area contributed by atoms with Crippen LogP contribution in [0.15, 0.2) is 30.3 Å². The summed E-state index contributed by atoms with van der Waals surface area (Å²) in [4.78, 5) is 12.6. The summed E-state index contributed by atoms with van der Waals surface area (Å²) in [7, 11) is 0. The average Bonchev–Trinajstić information content (AvgIpc) is 2.48. The number of carbonyl (C=O) groups is 1. The van der Waals surface area contributed by atoms with Gasteiger partial charge in [-0.15, -0.1) is 0 Å². The van der Waals surface area contributed by atoms with E-state index in [1.165, 1.54) is 0 Å². The zero-order chi connectivity index (χ0) is 15.0. The maximum absolute atomic E-state index is 12.6. The van der Waals surface area contributed by atoms with Crippen LogP contribution in [0.1, 0.15) is 15.9 Å². The van der Waals surface area contributed by atoms with Gasteiger partial charge >= 0.3 is 0 Å². The Morgan fingerprint density at radius 1 is 1.00 bits per heavy atom. The number of ketones is 1. The number of fused-ring (bicyclic) bond motifs is 1. The van der Waals surface area contributed by atoms with Crippen molar-refractivity contribution in [1.29, 1.82) is 0 Å². The topological polar surface area (TPSA) is 61.6 Å². The second kappa shape index (κ2) is 5.47. The predicted octanol–water partition coefficient (Wildman–Crippen LogP) is 3.58. The van der Waals surface area contributed by atoms with E-state index in [4.69, 9.17) is 38.4 Å². The standard InChI is InChI=1S/C15H11Cl2NO3/c16-10-3-1-2-8(14(10)18)15(19)9-6-12-13(7-11(9)17)21-5-4-20-12/h1-3,6-7H,4-5,18H2. The highest BCUT2D eigenvalue weighted by atomic mass is 35.5. The van der Waals surface area contributed by atoms with Gasteiger partial charge in [-0.05, 0) is 18.2 Å². The van der Waals surface area contributed by atoms with Crippen LogP contribution in [0.3, 0.4) is 0 Å². The largest absolute Gasteiger partial charge is 0.486 e. The van der Waals surface area contributed by atoms with Gasteiger partial charge in [0.05, 0.1) is 15.7 Å². The summed E-state index contributed by atoms with van der Waals surface area (Å²) in [5.74, 6) is 0.716. The molecule has 2 aromatic carbocycles. The van der Waals surface area contributed by atoms with Crippen molar-refractivity contribution in [1.82, 2.24) is 0 Å². The molecule has 0 aromatic heterocycles. The first-order valence-electron chi connectivity index (χ1n) is 6.26. The van der Waals surface area contributed by atoms with Gasteiger partial charge in [-0.25, -0.2) is 0 Å². The van der Waals surface area contributed by atoms with Gasteiger partial charge in [0.15, 0.2) is 17.3 Å². The molecule has 21 heavy (non-hydrogen) atoms. The van der Waals surface area contributed by atoms with E-state index in [0.29, 0.717) is 40.9 Å². The van der Waals surface area contributed by atoms with Crippen LogP contribution in [0.5, 0.6) is 11.5 Å². The lowest BCUT2D eigenvalue weighted by molar-refractivity contribution is 0.103. The second-order valence-corrected chi connectivity index (χ2v) is 5.32. The van der Waals surface area contributed by atoms with Crippen LogP contribution in [0.2, 0.25) is 10.0 Å². The summed E-state index contributed by atoms with van der Waals surface area (Å²) in [6.07, 6.45) is 0. The zero-order valence-corrected chi connectivity index (χ0v) is 12.4. The van der Waals surface area contributed by atoms with Gasteiger partial charge in [0, 0.05) is 17.2 Å². The quantitative estimate of drug-likeness (QED) is 0.677. The minimum atomic E-state index is -0.308. The Morgan fingerprint density at radius 2 is 1.67 bits per heavy atom. The Balaban J connectivity index is 2.07. The number of hydrogen-bond donors (Lipinski definition) is 1. The number of hydrogen-bond acceptors (Lipinski definition) is 4. The number of anilines is 1. The molecule has 0 aliphatic carbocycles. The van der Waals surface area contributed by atoms with Crippen LogP contribution < -0.4 is 15.2 Å². The highest BCUT2D eigenvalue weighted by molar-refractivity contribution is 6.37. The number of benzene rings is 2. The molecule has 0 unspecified atom stereocenters. The third-order valence-electron chi connectivity index (χ3n) is 3.17. The van der Waals surface area contributed by atoms with Crippen molar-refractivity contribution in [2.24, 2.45) is 0 Å². The SMILES string of the molecule is Nc1c(Cl)cccc1C(=O)c1cc2c(cc1Cl)OCCO2. The molecule has 4 nitrogen and oxygen atoms in total. The fourth-order valence-electron chi connectivity index (χ4n) is 2.12. The molecular formula is C15H11Cl2NO3. The van der Waals surface area contributed by atoms with Gasteiger partial charge in [0.25, 0.3) is 0 Å². The van der Waals surface area contributed by atoms with Crippen molar-refractivity contribution < 1.29 is 14.3 Å². The Kier molecular flexibility index (Phi) is 3.66. The fraction of sp³-hybridized carbons (Fsp3) is 0.133. The number of para-hydroxylation sites is 1. The fourth-order valence-corrected chi connectivity index (χ4v) is 2.53. The molecule has 0 saturated heterocycles. The van der Waals surface area contributed by atoms with Crippen molar-refractivity contribution in [2.45, 2.75) is 0 Å². The summed E-state index contributed by atoms with van der Waals surface area (Å²) >= 11 is 12.1. The predicted molar refractivity (Wildman–Crippen MR) is 81.7 cm³/mol. The van der Waals surface area contributed by atoms with E-state index in [-0.39, 0.29) is 16.5 Å². The Bertz CT molecular complexity index is 731. The highest BCUT2D eigenvalue weighted by Gasteiger charge is 2.21.